The van der Waals surface area contributed by atoms with Crippen LogP contribution in [0.3, 0.4) is 0 Å². The van der Waals surface area contributed by atoms with Crippen LogP contribution in [-0.4, -0.2) is 5.91 Å². The third-order valence-corrected chi connectivity index (χ3v) is 5.55. The second kappa shape index (κ2) is 6.57. The highest BCUT2D eigenvalue weighted by Crippen LogP contribution is 2.37. The molecular weight excluding hydrogens is 266 g/mol. The monoisotopic (exact) mass is 289 g/mol. The molecular formula is C17H23NOS. The second-order valence-corrected chi connectivity index (χ2v) is 7.05. The maximum Gasteiger partial charge on any atom is 0.221 e. The van der Waals surface area contributed by atoms with Gasteiger partial charge < -0.3 is 5.32 Å². The Kier molecular flexibility index (Phi) is 4.56. The number of allylic oxidation sites excluding steroid dienone is 2. The van der Waals surface area contributed by atoms with Gasteiger partial charge in [0.05, 0.1) is 6.04 Å². The van der Waals surface area contributed by atoms with Gasteiger partial charge in [-0.3, -0.25) is 4.79 Å². The zero-order valence-electron chi connectivity index (χ0n) is 11.9. The van der Waals surface area contributed by atoms with E-state index in [2.05, 4.69) is 35.0 Å². The van der Waals surface area contributed by atoms with Gasteiger partial charge in [0.25, 0.3) is 0 Å². The number of hydrogen-bond acceptors (Lipinski definition) is 2. The Morgan fingerprint density at radius 2 is 2.20 bits per heavy atom. The summed E-state index contributed by atoms with van der Waals surface area (Å²) >= 11 is 1.77. The highest BCUT2D eigenvalue weighted by molar-refractivity contribution is 7.10. The lowest BCUT2D eigenvalue weighted by Crippen LogP contribution is -2.33. The Hall–Kier alpha value is -1.09. The minimum atomic E-state index is 0.229. The Bertz CT molecular complexity index is 459. The van der Waals surface area contributed by atoms with Gasteiger partial charge in [0, 0.05) is 11.3 Å². The minimum Gasteiger partial charge on any atom is -0.348 e. The van der Waals surface area contributed by atoms with Crippen LogP contribution in [0.15, 0.2) is 29.7 Å². The van der Waals surface area contributed by atoms with Crippen LogP contribution in [0.25, 0.3) is 0 Å². The van der Waals surface area contributed by atoms with Crippen molar-refractivity contribution in [1.29, 1.82) is 0 Å². The summed E-state index contributed by atoms with van der Waals surface area (Å²) in [5.41, 5.74) is 0. The summed E-state index contributed by atoms with van der Waals surface area (Å²) in [5, 5.41) is 5.44. The van der Waals surface area contributed by atoms with E-state index in [0.717, 1.165) is 12.8 Å². The molecule has 2 atom stereocenters. The van der Waals surface area contributed by atoms with E-state index < -0.39 is 0 Å². The zero-order valence-corrected chi connectivity index (χ0v) is 12.7. The fraction of sp³-hybridized carbons (Fsp3) is 0.588. The Labute approximate surface area is 125 Å². The van der Waals surface area contributed by atoms with Crippen LogP contribution in [0, 0.1) is 11.8 Å². The molecule has 0 aromatic carbocycles. The highest BCUT2D eigenvalue weighted by atomic mass is 32.1. The molecule has 20 heavy (non-hydrogen) atoms. The van der Waals surface area contributed by atoms with E-state index in [0.29, 0.717) is 18.3 Å². The number of hydrogen-bond donors (Lipinski definition) is 1. The average molecular weight is 289 g/mol. The number of amides is 1. The SMILES string of the molecule is O=C(C[C@H]1C=CCC1)N[C@@H](c1cccs1)C1CCCC1. The molecule has 1 N–H and O–H groups in total. The van der Waals surface area contributed by atoms with Crippen LogP contribution in [0.2, 0.25) is 0 Å². The van der Waals surface area contributed by atoms with Crippen LogP contribution in [-0.2, 0) is 4.79 Å². The van der Waals surface area contributed by atoms with Gasteiger partial charge in [-0.15, -0.1) is 11.3 Å². The fourth-order valence-electron chi connectivity index (χ4n) is 3.52. The number of carbonyl (C=O) groups is 1. The molecule has 1 aromatic rings. The predicted octanol–water partition coefficient (Wildman–Crippen LogP) is 4.45. The normalized spacial score (nSPS) is 24.1. The van der Waals surface area contributed by atoms with Crippen molar-refractivity contribution in [1.82, 2.24) is 5.32 Å². The molecule has 1 fully saturated rings. The summed E-state index contributed by atoms with van der Waals surface area (Å²) in [4.78, 5) is 13.6. The molecule has 108 valence electrons. The average Bonchev–Trinajstić information content (AvgIpc) is 3.18. The zero-order chi connectivity index (χ0) is 13.8. The van der Waals surface area contributed by atoms with Crippen molar-refractivity contribution in [3.8, 4) is 0 Å². The molecule has 2 nitrogen and oxygen atoms in total. The third kappa shape index (κ3) is 3.32. The third-order valence-electron chi connectivity index (χ3n) is 4.60. The Balaban J connectivity index is 1.63. The molecule has 0 radical (unpaired) electrons. The maximum atomic E-state index is 12.3. The van der Waals surface area contributed by atoms with Crippen LogP contribution in [0.4, 0.5) is 0 Å². The molecule has 1 amide bonds. The van der Waals surface area contributed by atoms with Gasteiger partial charge in [-0.2, -0.15) is 0 Å². The van der Waals surface area contributed by atoms with Crippen molar-refractivity contribution in [3.05, 3.63) is 34.5 Å². The van der Waals surface area contributed by atoms with Gasteiger partial charge in [-0.25, -0.2) is 0 Å². The van der Waals surface area contributed by atoms with E-state index in [1.54, 1.807) is 11.3 Å². The van der Waals surface area contributed by atoms with Crippen molar-refractivity contribution in [3.63, 3.8) is 0 Å². The molecule has 1 heterocycles. The van der Waals surface area contributed by atoms with Crippen LogP contribution in [0.1, 0.15) is 55.9 Å². The maximum absolute atomic E-state index is 12.3. The van der Waals surface area contributed by atoms with Crippen molar-refractivity contribution in [2.24, 2.45) is 11.8 Å². The first kappa shape index (κ1) is 13.9. The van der Waals surface area contributed by atoms with E-state index in [1.165, 1.54) is 30.6 Å². The standard InChI is InChI=1S/C17H23NOS/c19-16(12-13-6-1-2-7-13)18-17(14-8-3-4-9-14)15-10-5-11-20-15/h1,5-6,10-11,13-14,17H,2-4,7-9,12H2,(H,18,19)/t13-,17+/m0/s1. The van der Waals surface area contributed by atoms with Gasteiger partial charge in [-0.05, 0) is 49.0 Å². The smallest absolute Gasteiger partial charge is 0.221 e. The van der Waals surface area contributed by atoms with E-state index in [9.17, 15) is 4.79 Å². The van der Waals surface area contributed by atoms with Crippen molar-refractivity contribution >= 4 is 17.2 Å². The molecule has 0 saturated heterocycles. The predicted molar refractivity (Wildman–Crippen MR) is 83.6 cm³/mol. The van der Waals surface area contributed by atoms with Crippen molar-refractivity contribution in [2.75, 3.05) is 0 Å². The summed E-state index contributed by atoms with van der Waals surface area (Å²) < 4.78 is 0. The first-order chi connectivity index (χ1) is 9.83. The minimum absolute atomic E-state index is 0.229. The number of rotatable bonds is 5. The van der Waals surface area contributed by atoms with Gasteiger partial charge >= 0.3 is 0 Å². The molecule has 3 heteroatoms. The molecule has 2 aliphatic carbocycles. The van der Waals surface area contributed by atoms with E-state index >= 15 is 0 Å². The van der Waals surface area contributed by atoms with Crippen LogP contribution in [0.5, 0.6) is 0 Å². The Morgan fingerprint density at radius 1 is 1.35 bits per heavy atom. The topological polar surface area (TPSA) is 29.1 Å². The van der Waals surface area contributed by atoms with Crippen molar-refractivity contribution in [2.45, 2.75) is 51.0 Å². The Morgan fingerprint density at radius 3 is 2.85 bits per heavy atom. The van der Waals surface area contributed by atoms with Crippen LogP contribution >= 0.6 is 11.3 Å². The van der Waals surface area contributed by atoms with E-state index in [1.807, 2.05) is 0 Å². The molecule has 0 aliphatic heterocycles. The largest absolute Gasteiger partial charge is 0.348 e. The molecule has 0 bridgehead atoms. The van der Waals surface area contributed by atoms with Gasteiger partial charge in [0.1, 0.15) is 0 Å². The van der Waals surface area contributed by atoms with Gasteiger partial charge in [-0.1, -0.05) is 31.1 Å². The number of thiophene rings is 1. The first-order valence-electron chi connectivity index (χ1n) is 7.82. The van der Waals surface area contributed by atoms with E-state index in [-0.39, 0.29) is 11.9 Å². The van der Waals surface area contributed by atoms with Crippen LogP contribution < -0.4 is 5.32 Å². The lowest BCUT2D eigenvalue weighted by molar-refractivity contribution is -0.122. The summed E-state index contributed by atoms with van der Waals surface area (Å²) in [6.45, 7) is 0. The molecule has 1 saturated carbocycles. The second-order valence-electron chi connectivity index (χ2n) is 6.07. The molecule has 0 unspecified atom stereocenters. The quantitative estimate of drug-likeness (QED) is 0.797. The summed E-state index contributed by atoms with van der Waals surface area (Å²) in [5.74, 6) is 1.33. The van der Waals surface area contributed by atoms with Crippen molar-refractivity contribution < 1.29 is 4.79 Å². The first-order valence-corrected chi connectivity index (χ1v) is 8.70. The molecule has 2 aliphatic rings. The molecule has 1 aromatic heterocycles. The summed E-state index contributed by atoms with van der Waals surface area (Å²) in [6, 6.07) is 4.51. The fourth-order valence-corrected chi connectivity index (χ4v) is 4.39. The molecule has 3 rings (SSSR count). The lowest BCUT2D eigenvalue weighted by Gasteiger charge is -2.24. The molecule has 0 spiro atoms. The summed E-state index contributed by atoms with van der Waals surface area (Å²) in [7, 11) is 0. The number of nitrogens with one attached hydrogen (secondary N) is 1. The highest BCUT2D eigenvalue weighted by Gasteiger charge is 2.28. The summed E-state index contributed by atoms with van der Waals surface area (Å²) in [6.07, 6.45) is 12.5. The lowest BCUT2D eigenvalue weighted by atomic mass is 9.96. The number of carbonyl (C=O) groups excluding carboxylic acids is 1. The van der Waals surface area contributed by atoms with E-state index in [4.69, 9.17) is 0 Å². The van der Waals surface area contributed by atoms with Gasteiger partial charge in [0.15, 0.2) is 0 Å². The van der Waals surface area contributed by atoms with Gasteiger partial charge in [0.2, 0.25) is 5.91 Å².